The Hall–Kier alpha value is -0.580. The fraction of sp³-hybridized carbons (Fsp3) is 0.615. The van der Waals surface area contributed by atoms with Crippen molar-refractivity contribution in [1.29, 1.82) is 0 Å². The maximum atomic E-state index is 12.0. The molecule has 18 heavy (non-hydrogen) atoms. The number of carbonyl (C=O) groups excluding carboxylic acids is 1. The minimum absolute atomic E-state index is 0. The van der Waals surface area contributed by atoms with E-state index in [0.29, 0.717) is 6.54 Å². The lowest BCUT2D eigenvalue weighted by molar-refractivity contribution is 0.0945. The molecule has 3 nitrogen and oxygen atoms in total. The number of halogens is 1. The van der Waals surface area contributed by atoms with Gasteiger partial charge in [-0.25, -0.2) is 0 Å². The summed E-state index contributed by atoms with van der Waals surface area (Å²) in [6.45, 7) is 6.71. The van der Waals surface area contributed by atoms with E-state index in [1.165, 1.54) is 11.3 Å². The molecular formula is C13H23ClN2OS. The molecule has 0 bridgehead atoms. The first-order valence-corrected chi connectivity index (χ1v) is 7.07. The molecule has 0 aliphatic carbocycles. The number of nitrogens with one attached hydrogen (secondary N) is 1. The van der Waals surface area contributed by atoms with E-state index in [9.17, 15) is 4.79 Å². The van der Waals surface area contributed by atoms with Crippen LogP contribution in [0.3, 0.4) is 0 Å². The molecule has 0 saturated heterocycles. The monoisotopic (exact) mass is 290 g/mol. The fourth-order valence-electron chi connectivity index (χ4n) is 1.65. The van der Waals surface area contributed by atoms with E-state index < -0.39 is 0 Å². The van der Waals surface area contributed by atoms with Gasteiger partial charge in [0.05, 0.1) is 4.88 Å². The molecule has 1 aromatic rings. The SMILES string of the molecule is CCc1ccsc1C(=O)NCC(N)(CC)CC.Cl. The normalized spacial score (nSPS) is 10.9. The number of amides is 1. The van der Waals surface area contributed by atoms with Gasteiger partial charge in [0.2, 0.25) is 0 Å². The van der Waals surface area contributed by atoms with Crippen molar-refractivity contribution in [2.75, 3.05) is 6.54 Å². The first-order valence-electron chi connectivity index (χ1n) is 6.19. The number of thiophene rings is 1. The fourth-order valence-corrected chi connectivity index (χ4v) is 2.56. The summed E-state index contributed by atoms with van der Waals surface area (Å²) in [5.41, 5.74) is 6.99. The predicted molar refractivity (Wildman–Crippen MR) is 80.8 cm³/mol. The van der Waals surface area contributed by atoms with Crippen molar-refractivity contribution in [3.8, 4) is 0 Å². The lowest BCUT2D eigenvalue weighted by Crippen LogP contribution is -2.49. The zero-order valence-corrected chi connectivity index (χ0v) is 12.9. The predicted octanol–water partition coefficient (Wildman–Crippen LogP) is 2.98. The lowest BCUT2D eigenvalue weighted by atomic mass is 9.94. The standard InChI is InChI=1S/C13H22N2OS.ClH/c1-4-10-7-8-17-11(10)12(16)15-9-13(14,5-2)6-3;/h7-8H,4-6,9,14H2,1-3H3,(H,15,16);1H. The minimum Gasteiger partial charge on any atom is -0.349 e. The quantitative estimate of drug-likeness (QED) is 0.846. The highest BCUT2D eigenvalue weighted by atomic mass is 35.5. The Bertz CT molecular complexity index is 375. The second-order valence-electron chi connectivity index (χ2n) is 4.38. The molecule has 0 spiro atoms. The van der Waals surface area contributed by atoms with Crippen LogP contribution in [0, 0.1) is 0 Å². The van der Waals surface area contributed by atoms with E-state index >= 15 is 0 Å². The van der Waals surface area contributed by atoms with Crippen LogP contribution in [0.4, 0.5) is 0 Å². The molecule has 1 rings (SSSR count). The zero-order chi connectivity index (χ0) is 12.9. The summed E-state index contributed by atoms with van der Waals surface area (Å²) >= 11 is 1.50. The maximum Gasteiger partial charge on any atom is 0.261 e. The molecule has 0 radical (unpaired) electrons. The van der Waals surface area contributed by atoms with Crippen molar-refractivity contribution < 1.29 is 4.79 Å². The van der Waals surface area contributed by atoms with Gasteiger partial charge in [0, 0.05) is 12.1 Å². The smallest absolute Gasteiger partial charge is 0.261 e. The zero-order valence-electron chi connectivity index (χ0n) is 11.3. The van der Waals surface area contributed by atoms with Gasteiger partial charge in [-0.2, -0.15) is 0 Å². The van der Waals surface area contributed by atoms with E-state index in [4.69, 9.17) is 5.73 Å². The summed E-state index contributed by atoms with van der Waals surface area (Å²) in [6.07, 6.45) is 2.63. The molecule has 104 valence electrons. The molecule has 1 aromatic heterocycles. The van der Waals surface area contributed by atoms with Gasteiger partial charge in [0.1, 0.15) is 0 Å². The van der Waals surface area contributed by atoms with Gasteiger partial charge < -0.3 is 11.1 Å². The second kappa shape index (κ2) is 7.77. The van der Waals surface area contributed by atoms with Gasteiger partial charge >= 0.3 is 0 Å². The lowest BCUT2D eigenvalue weighted by Gasteiger charge is -2.26. The number of hydrogen-bond donors (Lipinski definition) is 2. The highest BCUT2D eigenvalue weighted by molar-refractivity contribution is 7.12. The van der Waals surface area contributed by atoms with Crippen LogP contribution in [0.15, 0.2) is 11.4 Å². The van der Waals surface area contributed by atoms with Crippen molar-refractivity contribution in [3.63, 3.8) is 0 Å². The first kappa shape index (κ1) is 17.4. The number of aryl methyl sites for hydroxylation is 1. The van der Waals surface area contributed by atoms with Crippen molar-refractivity contribution in [3.05, 3.63) is 21.9 Å². The highest BCUT2D eigenvalue weighted by Crippen LogP contribution is 2.17. The van der Waals surface area contributed by atoms with Gasteiger partial charge in [0.25, 0.3) is 5.91 Å². The molecule has 0 aromatic carbocycles. The van der Waals surface area contributed by atoms with Crippen LogP contribution in [0.1, 0.15) is 48.8 Å². The Kier molecular flexibility index (Phi) is 7.52. The molecule has 0 fully saturated rings. The maximum absolute atomic E-state index is 12.0. The topological polar surface area (TPSA) is 55.1 Å². The third-order valence-corrected chi connectivity index (χ3v) is 4.30. The third kappa shape index (κ3) is 4.26. The van der Waals surface area contributed by atoms with Gasteiger partial charge in [-0.3, -0.25) is 4.79 Å². The van der Waals surface area contributed by atoms with Gasteiger partial charge in [-0.15, -0.1) is 23.7 Å². The Morgan fingerprint density at radius 1 is 1.39 bits per heavy atom. The summed E-state index contributed by atoms with van der Waals surface area (Å²) < 4.78 is 0. The molecule has 5 heteroatoms. The van der Waals surface area contributed by atoms with Crippen molar-refractivity contribution in [2.45, 2.75) is 45.6 Å². The number of carbonyl (C=O) groups is 1. The van der Waals surface area contributed by atoms with E-state index in [1.54, 1.807) is 0 Å². The van der Waals surface area contributed by atoms with E-state index in [1.807, 2.05) is 11.4 Å². The Morgan fingerprint density at radius 3 is 2.50 bits per heavy atom. The van der Waals surface area contributed by atoms with Crippen LogP contribution in [-0.4, -0.2) is 18.0 Å². The molecule has 0 aliphatic rings. The van der Waals surface area contributed by atoms with E-state index in [2.05, 4.69) is 26.1 Å². The van der Waals surface area contributed by atoms with Crippen LogP contribution in [0.25, 0.3) is 0 Å². The Balaban J connectivity index is 0.00000289. The minimum atomic E-state index is -0.278. The van der Waals surface area contributed by atoms with Gasteiger partial charge in [0.15, 0.2) is 0 Å². The summed E-state index contributed by atoms with van der Waals surface area (Å²) in [4.78, 5) is 12.8. The molecule has 0 saturated carbocycles. The molecule has 0 unspecified atom stereocenters. The van der Waals surface area contributed by atoms with Gasteiger partial charge in [-0.05, 0) is 36.3 Å². The Morgan fingerprint density at radius 2 is 2.00 bits per heavy atom. The molecule has 1 heterocycles. The highest BCUT2D eigenvalue weighted by Gasteiger charge is 2.22. The van der Waals surface area contributed by atoms with Crippen LogP contribution >= 0.6 is 23.7 Å². The number of hydrogen-bond acceptors (Lipinski definition) is 3. The summed E-state index contributed by atoms with van der Waals surface area (Å²) in [5, 5.41) is 4.91. The van der Waals surface area contributed by atoms with Crippen LogP contribution in [0.2, 0.25) is 0 Å². The van der Waals surface area contributed by atoms with Crippen molar-refractivity contribution >= 4 is 29.7 Å². The molecule has 0 atom stereocenters. The molecule has 3 N–H and O–H groups in total. The third-order valence-electron chi connectivity index (χ3n) is 3.34. The molecule has 0 aliphatic heterocycles. The van der Waals surface area contributed by atoms with E-state index in [0.717, 1.165) is 29.7 Å². The molecular weight excluding hydrogens is 268 g/mol. The summed E-state index contributed by atoms with van der Waals surface area (Å²) in [5.74, 6) is 0.00794. The summed E-state index contributed by atoms with van der Waals surface area (Å²) in [7, 11) is 0. The average Bonchev–Trinajstić information content (AvgIpc) is 2.83. The van der Waals surface area contributed by atoms with Crippen LogP contribution in [-0.2, 0) is 6.42 Å². The van der Waals surface area contributed by atoms with Crippen molar-refractivity contribution in [1.82, 2.24) is 5.32 Å². The number of nitrogens with two attached hydrogens (primary N) is 1. The largest absolute Gasteiger partial charge is 0.349 e. The van der Waals surface area contributed by atoms with Gasteiger partial charge in [-0.1, -0.05) is 20.8 Å². The average molecular weight is 291 g/mol. The number of rotatable bonds is 6. The Labute approximate surface area is 120 Å². The van der Waals surface area contributed by atoms with Crippen LogP contribution in [0.5, 0.6) is 0 Å². The van der Waals surface area contributed by atoms with Crippen molar-refractivity contribution in [2.24, 2.45) is 5.73 Å². The second-order valence-corrected chi connectivity index (χ2v) is 5.30. The molecule has 1 amide bonds. The van der Waals surface area contributed by atoms with E-state index in [-0.39, 0.29) is 23.9 Å². The van der Waals surface area contributed by atoms with Crippen LogP contribution < -0.4 is 11.1 Å². The summed E-state index contributed by atoms with van der Waals surface area (Å²) in [6, 6.07) is 2.01. The first-order chi connectivity index (χ1) is 8.06.